The van der Waals surface area contributed by atoms with Crippen LogP contribution in [-0.4, -0.2) is 17.7 Å². The summed E-state index contributed by atoms with van der Waals surface area (Å²) >= 11 is 0. The van der Waals surface area contributed by atoms with Crippen LogP contribution in [0.2, 0.25) is 0 Å². The van der Waals surface area contributed by atoms with E-state index in [9.17, 15) is 9.50 Å². The van der Waals surface area contributed by atoms with Crippen LogP contribution in [0.1, 0.15) is 31.4 Å². The molecule has 2 rings (SSSR count). The van der Waals surface area contributed by atoms with Gasteiger partial charge in [0.2, 0.25) is 0 Å². The Morgan fingerprint density at radius 1 is 1.50 bits per heavy atom. The predicted molar refractivity (Wildman–Crippen MR) is 61.5 cm³/mol. The molecule has 1 saturated carbocycles. The summed E-state index contributed by atoms with van der Waals surface area (Å²) < 4.78 is 12.9. The van der Waals surface area contributed by atoms with Crippen LogP contribution >= 0.6 is 0 Å². The van der Waals surface area contributed by atoms with E-state index >= 15 is 0 Å². The van der Waals surface area contributed by atoms with Crippen molar-refractivity contribution < 1.29 is 9.50 Å². The second-order valence-corrected chi connectivity index (χ2v) is 4.75. The fourth-order valence-electron chi connectivity index (χ4n) is 2.18. The van der Waals surface area contributed by atoms with Crippen molar-refractivity contribution in [1.29, 1.82) is 0 Å². The third kappa shape index (κ3) is 2.80. The first-order chi connectivity index (χ1) is 7.65. The quantitative estimate of drug-likeness (QED) is 0.820. The number of hydrogen-bond acceptors (Lipinski definition) is 2. The van der Waals surface area contributed by atoms with E-state index in [1.165, 1.54) is 25.0 Å². The number of benzene rings is 1. The van der Waals surface area contributed by atoms with Crippen LogP contribution in [0.5, 0.6) is 0 Å². The summed E-state index contributed by atoms with van der Waals surface area (Å²) in [4.78, 5) is 0. The monoisotopic (exact) mass is 223 g/mol. The van der Waals surface area contributed by atoms with Crippen LogP contribution in [0.15, 0.2) is 24.3 Å². The highest BCUT2D eigenvalue weighted by Crippen LogP contribution is 2.26. The van der Waals surface area contributed by atoms with Crippen LogP contribution in [0.3, 0.4) is 0 Å². The second kappa shape index (κ2) is 4.93. The van der Waals surface area contributed by atoms with E-state index in [1.807, 2.05) is 0 Å². The molecule has 0 aliphatic heterocycles. The first-order valence-corrected chi connectivity index (χ1v) is 5.82. The molecule has 2 nitrogen and oxygen atoms in total. The molecule has 1 aromatic rings. The second-order valence-electron chi connectivity index (χ2n) is 4.75. The van der Waals surface area contributed by atoms with Crippen LogP contribution < -0.4 is 5.32 Å². The van der Waals surface area contributed by atoms with Crippen molar-refractivity contribution in [3.63, 3.8) is 0 Å². The molecule has 0 heterocycles. The Bertz CT molecular complexity index is 350. The van der Waals surface area contributed by atoms with E-state index in [4.69, 9.17) is 0 Å². The van der Waals surface area contributed by atoms with E-state index in [-0.39, 0.29) is 5.82 Å². The summed E-state index contributed by atoms with van der Waals surface area (Å²) in [6.45, 7) is 2.72. The molecule has 0 amide bonds. The minimum absolute atomic E-state index is 0.297. The topological polar surface area (TPSA) is 32.3 Å². The molecular formula is C13H18FNO. The average molecular weight is 223 g/mol. The van der Waals surface area contributed by atoms with E-state index in [1.54, 1.807) is 12.1 Å². The van der Waals surface area contributed by atoms with Gasteiger partial charge in [-0.25, -0.2) is 4.39 Å². The average Bonchev–Trinajstić information content (AvgIpc) is 2.22. The smallest absolute Gasteiger partial charge is 0.123 e. The van der Waals surface area contributed by atoms with Crippen LogP contribution in [0.25, 0.3) is 0 Å². The van der Waals surface area contributed by atoms with Gasteiger partial charge in [-0.05, 0) is 36.5 Å². The van der Waals surface area contributed by atoms with Gasteiger partial charge in [0.05, 0.1) is 6.10 Å². The van der Waals surface area contributed by atoms with Crippen LogP contribution in [0, 0.1) is 11.7 Å². The molecule has 16 heavy (non-hydrogen) atoms. The van der Waals surface area contributed by atoms with Gasteiger partial charge in [0, 0.05) is 12.6 Å². The highest BCUT2D eigenvalue weighted by molar-refractivity contribution is 5.19. The molecule has 0 spiro atoms. The molecule has 1 fully saturated rings. The van der Waals surface area contributed by atoms with Crippen molar-refractivity contribution in [1.82, 2.24) is 5.32 Å². The molecule has 0 radical (unpaired) electrons. The number of nitrogens with one attached hydrogen (secondary N) is 1. The highest BCUT2D eigenvalue weighted by Gasteiger charge is 2.25. The summed E-state index contributed by atoms with van der Waals surface area (Å²) in [5, 5.41) is 13.1. The molecule has 0 aromatic heterocycles. The number of halogens is 1. The van der Waals surface area contributed by atoms with Gasteiger partial charge in [0.25, 0.3) is 0 Å². The first-order valence-electron chi connectivity index (χ1n) is 5.82. The summed E-state index contributed by atoms with van der Waals surface area (Å²) in [6.07, 6.45) is 1.73. The summed E-state index contributed by atoms with van der Waals surface area (Å²) in [5.74, 6) is 0.498. The van der Waals surface area contributed by atoms with Gasteiger partial charge in [-0.3, -0.25) is 0 Å². The molecule has 88 valence electrons. The maximum atomic E-state index is 12.9. The maximum absolute atomic E-state index is 12.9. The Labute approximate surface area is 95.5 Å². The lowest BCUT2D eigenvalue weighted by Crippen LogP contribution is -2.41. The first kappa shape index (κ1) is 11.6. The van der Waals surface area contributed by atoms with Crippen molar-refractivity contribution in [3.05, 3.63) is 35.6 Å². The molecule has 1 atom stereocenters. The van der Waals surface area contributed by atoms with Crippen molar-refractivity contribution in [2.75, 3.05) is 6.54 Å². The van der Waals surface area contributed by atoms with Gasteiger partial charge in [-0.2, -0.15) is 0 Å². The lowest BCUT2D eigenvalue weighted by Gasteiger charge is -2.34. The Morgan fingerprint density at radius 3 is 2.88 bits per heavy atom. The minimum Gasteiger partial charge on any atom is -0.387 e. The van der Waals surface area contributed by atoms with E-state index in [0.717, 1.165) is 5.92 Å². The van der Waals surface area contributed by atoms with Crippen LogP contribution in [-0.2, 0) is 0 Å². The van der Waals surface area contributed by atoms with Gasteiger partial charge in [0.1, 0.15) is 5.82 Å². The molecule has 0 saturated heterocycles. The Kier molecular flexibility index (Phi) is 3.56. The lowest BCUT2D eigenvalue weighted by molar-refractivity contribution is 0.149. The zero-order valence-electron chi connectivity index (χ0n) is 9.49. The number of rotatable bonds is 4. The molecule has 1 aromatic carbocycles. The Morgan fingerprint density at radius 2 is 2.25 bits per heavy atom. The summed E-state index contributed by atoms with van der Waals surface area (Å²) in [7, 11) is 0. The van der Waals surface area contributed by atoms with Crippen molar-refractivity contribution in [2.45, 2.75) is 31.9 Å². The van der Waals surface area contributed by atoms with E-state index in [0.29, 0.717) is 18.2 Å². The maximum Gasteiger partial charge on any atom is 0.123 e. The molecule has 3 heteroatoms. The molecule has 2 N–H and O–H groups in total. The molecule has 1 aliphatic rings. The fraction of sp³-hybridized carbons (Fsp3) is 0.538. The van der Waals surface area contributed by atoms with E-state index < -0.39 is 6.10 Å². The van der Waals surface area contributed by atoms with Gasteiger partial charge < -0.3 is 10.4 Å². The Balaban J connectivity index is 1.81. The molecule has 1 unspecified atom stereocenters. The lowest BCUT2D eigenvalue weighted by atomic mass is 9.82. The normalized spacial score (nSPS) is 26.2. The van der Waals surface area contributed by atoms with Crippen molar-refractivity contribution in [2.24, 2.45) is 5.92 Å². The highest BCUT2D eigenvalue weighted by atomic mass is 19.1. The largest absolute Gasteiger partial charge is 0.387 e. The third-order valence-corrected chi connectivity index (χ3v) is 3.21. The van der Waals surface area contributed by atoms with Crippen molar-refractivity contribution in [3.8, 4) is 0 Å². The van der Waals surface area contributed by atoms with E-state index in [2.05, 4.69) is 12.2 Å². The Hall–Kier alpha value is -0.930. The zero-order valence-corrected chi connectivity index (χ0v) is 9.49. The molecule has 1 aliphatic carbocycles. The van der Waals surface area contributed by atoms with Crippen molar-refractivity contribution >= 4 is 0 Å². The van der Waals surface area contributed by atoms with Gasteiger partial charge in [-0.15, -0.1) is 0 Å². The number of aliphatic hydroxyl groups is 1. The van der Waals surface area contributed by atoms with Crippen LogP contribution in [0.4, 0.5) is 4.39 Å². The third-order valence-electron chi connectivity index (χ3n) is 3.21. The zero-order chi connectivity index (χ0) is 11.5. The van der Waals surface area contributed by atoms with Gasteiger partial charge in [0.15, 0.2) is 0 Å². The number of aliphatic hydroxyl groups excluding tert-OH is 1. The SMILES string of the molecule is CC1CC(NCC(O)c2cccc(F)c2)C1. The fourth-order valence-corrected chi connectivity index (χ4v) is 2.18. The standard InChI is InChI=1S/C13H18FNO/c1-9-5-12(6-9)15-8-13(16)10-3-2-4-11(14)7-10/h2-4,7,9,12-13,15-16H,5-6,8H2,1H3. The summed E-state index contributed by atoms with van der Waals surface area (Å²) in [5.41, 5.74) is 0.639. The van der Waals surface area contributed by atoms with Gasteiger partial charge in [-0.1, -0.05) is 19.1 Å². The molecular weight excluding hydrogens is 205 g/mol. The molecule has 0 bridgehead atoms. The summed E-state index contributed by atoms with van der Waals surface area (Å²) in [6, 6.07) is 6.67. The minimum atomic E-state index is -0.619. The van der Waals surface area contributed by atoms with Gasteiger partial charge >= 0.3 is 0 Å². The number of hydrogen-bond donors (Lipinski definition) is 2. The predicted octanol–water partition coefficient (Wildman–Crippen LogP) is 2.25.